The van der Waals surface area contributed by atoms with Crippen LogP contribution < -0.4 is 5.56 Å². The van der Waals surface area contributed by atoms with E-state index in [-0.39, 0.29) is 11.5 Å². The fourth-order valence-corrected chi connectivity index (χ4v) is 4.79. The first kappa shape index (κ1) is 18.7. The summed E-state index contributed by atoms with van der Waals surface area (Å²) in [6, 6.07) is 11.3. The maximum atomic E-state index is 11.9. The standard InChI is InChI=1S/C24H23ClN2O/c1-3-20-18-12-16(2)15-24(20,21-9-10-23(28)27-22(21)14-18)26-11-5-7-17-6-4-8-19(25)13-17/h3-13,18H,14-15H2,1-2H3,(H,27,28)/b7-5?,20-3+,26-11?/t18-,24+/m0/s1. The number of nitrogens with one attached hydrogen (secondary N) is 1. The first-order chi connectivity index (χ1) is 13.5. The molecule has 1 aromatic carbocycles. The summed E-state index contributed by atoms with van der Waals surface area (Å²) < 4.78 is 0. The number of hydrogen-bond donors (Lipinski definition) is 1. The molecule has 0 fully saturated rings. The number of benzene rings is 1. The molecule has 0 aliphatic heterocycles. The van der Waals surface area contributed by atoms with E-state index in [1.807, 2.05) is 48.7 Å². The molecule has 2 aliphatic rings. The number of aromatic amines is 1. The SMILES string of the molecule is C/C=C1\[C@H]2C=C(C)C[C@]1(N=CC=Cc1cccc(Cl)c1)c1ccc(=O)[nH]c1C2. The molecule has 0 radical (unpaired) electrons. The van der Waals surface area contributed by atoms with Crippen molar-refractivity contribution < 1.29 is 0 Å². The number of H-pyrrole nitrogens is 1. The van der Waals surface area contributed by atoms with Crippen molar-refractivity contribution in [2.45, 2.75) is 32.2 Å². The van der Waals surface area contributed by atoms with Gasteiger partial charge in [0.2, 0.25) is 5.56 Å². The van der Waals surface area contributed by atoms with Crippen molar-refractivity contribution >= 4 is 23.9 Å². The van der Waals surface area contributed by atoms with Crippen LogP contribution in [0.5, 0.6) is 0 Å². The predicted molar refractivity (Wildman–Crippen MR) is 117 cm³/mol. The predicted octanol–water partition coefficient (Wildman–Crippen LogP) is 5.48. The summed E-state index contributed by atoms with van der Waals surface area (Å²) in [5.74, 6) is 0.276. The fraction of sp³-hybridized carbons (Fsp3) is 0.250. The maximum absolute atomic E-state index is 11.9. The van der Waals surface area contributed by atoms with E-state index in [4.69, 9.17) is 16.6 Å². The minimum atomic E-state index is -0.450. The monoisotopic (exact) mass is 390 g/mol. The molecule has 2 aromatic rings. The van der Waals surface area contributed by atoms with Gasteiger partial charge < -0.3 is 4.98 Å². The van der Waals surface area contributed by atoms with Gasteiger partial charge in [0.15, 0.2) is 0 Å². The highest BCUT2D eigenvalue weighted by atomic mass is 35.5. The second kappa shape index (κ2) is 7.40. The van der Waals surface area contributed by atoms with Crippen LogP contribution in [-0.2, 0) is 12.0 Å². The quantitative estimate of drug-likeness (QED) is 0.547. The van der Waals surface area contributed by atoms with E-state index in [0.29, 0.717) is 0 Å². The van der Waals surface area contributed by atoms with Crippen LogP contribution in [0.1, 0.15) is 37.1 Å². The number of hydrogen-bond acceptors (Lipinski definition) is 2. The Bertz CT molecular complexity index is 1090. The van der Waals surface area contributed by atoms with Gasteiger partial charge in [-0.3, -0.25) is 9.79 Å². The Morgan fingerprint density at radius 1 is 1.29 bits per heavy atom. The van der Waals surface area contributed by atoms with Crippen molar-refractivity contribution in [3.05, 3.63) is 98.0 Å². The lowest BCUT2D eigenvalue weighted by Crippen LogP contribution is -2.40. The van der Waals surface area contributed by atoms with Gasteiger partial charge in [-0.25, -0.2) is 0 Å². The van der Waals surface area contributed by atoms with Crippen molar-refractivity contribution in [1.82, 2.24) is 4.98 Å². The summed E-state index contributed by atoms with van der Waals surface area (Å²) in [6.07, 6.45) is 12.0. The summed E-state index contributed by atoms with van der Waals surface area (Å²) in [4.78, 5) is 20.0. The van der Waals surface area contributed by atoms with Crippen LogP contribution in [-0.4, -0.2) is 11.2 Å². The molecule has 2 aliphatic carbocycles. The van der Waals surface area contributed by atoms with Crippen molar-refractivity contribution in [3.8, 4) is 0 Å². The molecule has 142 valence electrons. The van der Waals surface area contributed by atoms with E-state index in [0.717, 1.165) is 34.7 Å². The first-order valence-electron chi connectivity index (χ1n) is 9.56. The highest BCUT2D eigenvalue weighted by Gasteiger charge is 2.46. The van der Waals surface area contributed by atoms with E-state index in [2.05, 4.69) is 31.0 Å². The number of pyridine rings is 1. The van der Waals surface area contributed by atoms with E-state index in [1.165, 1.54) is 11.1 Å². The first-order valence-corrected chi connectivity index (χ1v) is 9.94. The molecule has 3 nitrogen and oxygen atoms in total. The van der Waals surface area contributed by atoms with Crippen LogP contribution in [0.15, 0.2) is 75.6 Å². The Morgan fingerprint density at radius 2 is 2.14 bits per heavy atom. The minimum Gasteiger partial charge on any atom is -0.326 e. The fourth-order valence-electron chi connectivity index (χ4n) is 4.59. The zero-order valence-corrected chi connectivity index (χ0v) is 16.8. The molecular formula is C24H23ClN2O. The van der Waals surface area contributed by atoms with Crippen LogP contribution >= 0.6 is 11.6 Å². The molecule has 1 N–H and O–H groups in total. The maximum Gasteiger partial charge on any atom is 0.248 e. The van der Waals surface area contributed by atoms with Gasteiger partial charge in [0.25, 0.3) is 0 Å². The van der Waals surface area contributed by atoms with Gasteiger partial charge in [0.1, 0.15) is 5.54 Å². The Hall–Kier alpha value is -2.65. The molecule has 28 heavy (non-hydrogen) atoms. The topological polar surface area (TPSA) is 45.2 Å². The van der Waals surface area contributed by atoms with Crippen molar-refractivity contribution in [2.24, 2.45) is 10.9 Å². The summed E-state index contributed by atoms with van der Waals surface area (Å²) >= 11 is 6.06. The molecule has 4 rings (SSSR count). The highest BCUT2D eigenvalue weighted by molar-refractivity contribution is 6.30. The summed E-state index contributed by atoms with van der Waals surface area (Å²) in [5, 5.41) is 0.718. The number of halogens is 1. The third-order valence-electron chi connectivity index (χ3n) is 5.60. The Balaban J connectivity index is 1.77. The van der Waals surface area contributed by atoms with Gasteiger partial charge in [-0.15, -0.1) is 0 Å². The van der Waals surface area contributed by atoms with Gasteiger partial charge in [-0.1, -0.05) is 47.5 Å². The summed E-state index contributed by atoms with van der Waals surface area (Å²) in [6.45, 7) is 4.25. The van der Waals surface area contributed by atoms with Gasteiger partial charge in [0.05, 0.1) is 0 Å². The molecule has 2 atom stereocenters. The van der Waals surface area contributed by atoms with E-state index < -0.39 is 5.54 Å². The van der Waals surface area contributed by atoms with Crippen molar-refractivity contribution in [2.75, 3.05) is 0 Å². The molecule has 2 bridgehead atoms. The van der Waals surface area contributed by atoms with E-state index in [1.54, 1.807) is 6.07 Å². The lowest BCUT2D eigenvalue weighted by molar-refractivity contribution is 0.413. The Morgan fingerprint density at radius 3 is 2.93 bits per heavy atom. The van der Waals surface area contributed by atoms with Gasteiger partial charge in [-0.05, 0) is 55.7 Å². The third-order valence-corrected chi connectivity index (χ3v) is 5.83. The summed E-state index contributed by atoms with van der Waals surface area (Å²) in [7, 11) is 0. The molecule has 4 heteroatoms. The van der Waals surface area contributed by atoms with Crippen LogP contribution in [0.4, 0.5) is 0 Å². The normalized spacial score (nSPS) is 25.3. The average Bonchev–Trinajstić information content (AvgIpc) is 2.64. The average molecular weight is 391 g/mol. The van der Waals surface area contributed by atoms with E-state index in [9.17, 15) is 4.79 Å². The zero-order valence-electron chi connectivity index (χ0n) is 16.1. The highest BCUT2D eigenvalue weighted by Crippen LogP contribution is 2.51. The van der Waals surface area contributed by atoms with Crippen LogP contribution in [0, 0.1) is 5.92 Å². The second-order valence-electron chi connectivity index (χ2n) is 7.51. The number of aromatic nitrogens is 1. The van der Waals surface area contributed by atoms with Gasteiger partial charge >= 0.3 is 0 Å². The van der Waals surface area contributed by atoms with Crippen LogP contribution in [0.2, 0.25) is 5.02 Å². The number of nitrogens with zero attached hydrogens (tertiary/aromatic N) is 1. The molecule has 0 unspecified atom stereocenters. The molecule has 0 amide bonds. The number of rotatable bonds is 3. The molecule has 1 aromatic heterocycles. The molecule has 0 spiro atoms. The summed E-state index contributed by atoms with van der Waals surface area (Å²) in [5.41, 5.74) is 5.29. The second-order valence-corrected chi connectivity index (χ2v) is 7.95. The van der Waals surface area contributed by atoms with Gasteiger partial charge in [-0.2, -0.15) is 0 Å². The Kier molecular flexibility index (Phi) is 4.94. The smallest absolute Gasteiger partial charge is 0.248 e. The van der Waals surface area contributed by atoms with Crippen LogP contribution in [0.25, 0.3) is 6.08 Å². The Labute approximate surface area is 170 Å². The van der Waals surface area contributed by atoms with Crippen LogP contribution in [0.3, 0.4) is 0 Å². The molecule has 0 saturated carbocycles. The van der Waals surface area contributed by atoms with Crippen molar-refractivity contribution in [1.29, 1.82) is 0 Å². The number of aliphatic imine (C=N–C) groups is 1. The molecular weight excluding hydrogens is 368 g/mol. The largest absolute Gasteiger partial charge is 0.326 e. The van der Waals surface area contributed by atoms with Crippen molar-refractivity contribution in [3.63, 3.8) is 0 Å². The van der Waals surface area contributed by atoms with Gasteiger partial charge in [0, 0.05) is 40.9 Å². The number of allylic oxidation sites excluding steroid dienone is 3. The molecule has 0 saturated heterocycles. The lowest BCUT2D eigenvalue weighted by Gasteiger charge is -2.45. The molecule has 1 heterocycles. The zero-order chi connectivity index (χ0) is 19.7. The van der Waals surface area contributed by atoms with E-state index >= 15 is 0 Å². The third kappa shape index (κ3) is 3.31. The minimum absolute atomic E-state index is 0.0542. The lowest BCUT2D eigenvalue weighted by atomic mass is 9.63. The number of fused-ring (bicyclic) bond motifs is 4.